The van der Waals surface area contributed by atoms with Crippen LogP contribution in [-0.4, -0.2) is 74.2 Å². The number of hydrogen-bond acceptors (Lipinski definition) is 8. The molecule has 0 bridgehead atoms. The molecule has 1 aliphatic rings. The Kier molecular flexibility index (Phi) is 10.6. The van der Waals surface area contributed by atoms with Gasteiger partial charge in [-0.05, 0) is 57.4 Å². The average molecular weight is 609 g/mol. The number of aliphatic hydroxyl groups excluding tert-OH is 2. The van der Waals surface area contributed by atoms with Crippen LogP contribution in [0.5, 0.6) is 5.75 Å². The molecule has 0 spiro atoms. The third-order valence-corrected chi connectivity index (χ3v) is 7.28. The van der Waals surface area contributed by atoms with Gasteiger partial charge >= 0.3 is 11.8 Å². The Balaban J connectivity index is 1.44. The number of aliphatic hydroxyl groups is 2. The number of aromatic amines is 1. The SMILES string of the molecule is CC(C)(C)OC(=O)NCCCOc1cccc(C(=O)N(Cc2ccccc2)C[C@@H]2C[C@@H](n3ccc(=O)[nH]c3=O)[C@@H](O)[C@@H]2O)c1. The van der Waals surface area contributed by atoms with Crippen LogP contribution < -0.4 is 21.3 Å². The van der Waals surface area contributed by atoms with Crippen LogP contribution in [0.4, 0.5) is 4.79 Å². The van der Waals surface area contributed by atoms with Crippen LogP contribution in [0, 0.1) is 5.92 Å². The molecule has 12 heteroatoms. The van der Waals surface area contributed by atoms with E-state index in [1.54, 1.807) is 49.9 Å². The highest BCUT2D eigenvalue weighted by molar-refractivity contribution is 5.94. The molecular formula is C32H40N4O8. The molecule has 4 atom stereocenters. The minimum Gasteiger partial charge on any atom is -0.494 e. The summed E-state index contributed by atoms with van der Waals surface area (Å²) in [5, 5.41) is 24.4. The van der Waals surface area contributed by atoms with E-state index >= 15 is 0 Å². The Bertz CT molecular complexity index is 1530. The standard InChI is InChI=1S/C32H40N4O8/c1-32(2,3)44-31(42)33-14-8-16-43-24-12-7-11-22(17-24)29(40)35(19-21-9-5-4-6-10-21)20-23-18-25(28(39)27(23)38)36-15-13-26(37)34-30(36)41/h4-7,9-13,15,17,23,25,27-28,38-39H,8,14,16,18-20H2,1-3H3,(H,33,42)(H,34,37,41)/t23-,25+,27+,28+/m0/s1. The molecule has 0 aliphatic heterocycles. The zero-order valence-electron chi connectivity index (χ0n) is 25.1. The molecule has 44 heavy (non-hydrogen) atoms. The van der Waals surface area contributed by atoms with Crippen LogP contribution in [0.15, 0.2) is 76.4 Å². The summed E-state index contributed by atoms with van der Waals surface area (Å²) in [4.78, 5) is 53.4. The summed E-state index contributed by atoms with van der Waals surface area (Å²) in [7, 11) is 0. The monoisotopic (exact) mass is 608 g/mol. The van der Waals surface area contributed by atoms with E-state index in [9.17, 15) is 29.4 Å². The van der Waals surface area contributed by atoms with Gasteiger partial charge < -0.3 is 29.9 Å². The fourth-order valence-corrected chi connectivity index (χ4v) is 5.22. The number of amides is 2. The number of benzene rings is 2. The van der Waals surface area contributed by atoms with Crippen LogP contribution in [-0.2, 0) is 11.3 Å². The summed E-state index contributed by atoms with van der Waals surface area (Å²) < 4.78 is 12.3. The summed E-state index contributed by atoms with van der Waals surface area (Å²) >= 11 is 0. The van der Waals surface area contributed by atoms with Crippen LogP contribution in [0.25, 0.3) is 0 Å². The predicted octanol–water partition coefficient (Wildman–Crippen LogP) is 2.46. The molecule has 2 amide bonds. The molecule has 236 valence electrons. The zero-order valence-corrected chi connectivity index (χ0v) is 25.1. The van der Waals surface area contributed by atoms with Crippen LogP contribution in [0.3, 0.4) is 0 Å². The van der Waals surface area contributed by atoms with Gasteiger partial charge in [0, 0.05) is 43.4 Å². The van der Waals surface area contributed by atoms with E-state index in [1.165, 1.54) is 16.8 Å². The molecule has 3 aromatic rings. The molecule has 0 radical (unpaired) electrons. The van der Waals surface area contributed by atoms with Crippen molar-refractivity contribution in [3.63, 3.8) is 0 Å². The van der Waals surface area contributed by atoms with Gasteiger partial charge in [0.05, 0.1) is 18.8 Å². The normalized spacial score (nSPS) is 19.8. The number of hydrogen-bond donors (Lipinski definition) is 4. The first-order valence-electron chi connectivity index (χ1n) is 14.6. The smallest absolute Gasteiger partial charge is 0.407 e. The summed E-state index contributed by atoms with van der Waals surface area (Å²) in [6.07, 6.45) is -0.920. The highest BCUT2D eigenvalue weighted by Gasteiger charge is 2.44. The lowest BCUT2D eigenvalue weighted by atomic mass is 10.0. The van der Waals surface area contributed by atoms with E-state index in [-0.39, 0.29) is 25.4 Å². The second-order valence-electron chi connectivity index (χ2n) is 11.9. The summed E-state index contributed by atoms with van der Waals surface area (Å²) in [6, 6.07) is 16.6. The molecule has 12 nitrogen and oxygen atoms in total. The van der Waals surface area contributed by atoms with Crippen molar-refractivity contribution in [1.82, 2.24) is 19.8 Å². The Morgan fingerprint density at radius 1 is 1.05 bits per heavy atom. The summed E-state index contributed by atoms with van der Waals surface area (Å²) in [5.41, 5.74) is -0.551. The van der Waals surface area contributed by atoms with Crippen molar-refractivity contribution in [2.75, 3.05) is 19.7 Å². The lowest BCUT2D eigenvalue weighted by Crippen LogP contribution is -2.39. The van der Waals surface area contributed by atoms with Crippen molar-refractivity contribution in [2.24, 2.45) is 5.92 Å². The molecule has 0 saturated heterocycles. The van der Waals surface area contributed by atoms with Crippen molar-refractivity contribution in [1.29, 1.82) is 0 Å². The van der Waals surface area contributed by atoms with Gasteiger partial charge in [-0.25, -0.2) is 9.59 Å². The number of H-pyrrole nitrogens is 1. The number of carbonyl (C=O) groups is 2. The summed E-state index contributed by atoms with van der Waals surface area (Å²) in [6.45, 7) is 6.40. The number of aromatic nitrogens is 2. The molecule has 1 aromatic heterocycles. The van der Waals surface area contributed by atoms with Gasteiger partial charge in [0.15, 0.2) is 0 Å². The van der Waals surface area contributed by atoms with E-state index in [4.69, 9.17) is 9.47 Å². The van der Waals surface area contributed by atoms with Crippen molar-refractivity contribution in [2.45, 2.75) is 64.0 Å². The first kappa shape index (κ1) is 32.5. The van der Waals surface area contributed by atoms with Gasteiger partial charge in [-0.1, -0.05) is 36.4 Å². The second kappa shape index (κ2) is 14.4. The van der Waals surface area contributed by atoms with E-state index < -0.39 is 47.1 Å². The van der Waals surface area contributed by atoms with E-state index in [2.05, 4.69) is 10.3 Å². The van der Waals surface area contributed by atoms with E-state index in [0.717, 1.165) is 5.56 Å². The van der Waals surface area contributed by atoms with Gasteiger partial charge in [-0.15, -0.1) is 0 Å². The molecule has 4 rings (SSSR count). The molecule has 1 heterocycles. The van der Waals surface area contributed by atoms with Gasteiger partial charge in [0.2, 0.25) is 0 Å². The van der Waals surface area contributed by atoms with Gasteiger partial charge in [-0.2, -0.15) is 0 Å². The molecular weight excluding hydrogens is 568 g/mol. The Morgan fingerprint density at radius 2 is 1.80 bits per heavy atom. The van der Waals surface area contributed by atoms with Crippen LogP contribution in [0.1, 0.15) is 55.6 Å². The molecule has 1 fully saturated rings. The Hall–Kier alpha value is -4.42. The molecule has 4 N–H and O–H groups in total. The molecule has 0 unspecified atom stereocenters. The maximum absolute atomic E-state index is 13.9. The molecule has 1 aliphatic carbocycles. The Labute approximate surface area is 255 Å². The van der Waals surface area contributed by atoms with E-state index in [0.29, 0.717) is 30.9 Å². The lowest BCUT2D eigenvalue weighted by molar-refractivity contribution is -0.000553. The maximum atomic E-state index is 13.9. The quantitative estimate of drug-likeness (QED) is 0.241. The predicted molar refractivity (Wildman–Crippen MR) is 162 cm³/mol. The van der Waals surface area contributed by atoms with E-state index in [1.807, 2.05) is 30.3 Å². The van der Waals surface area contributed by atoms with Crippen LogP contribution in [0.2, 0.25) is 0 Å². The minimum atomic E-state index is -1.26. The van der Waals surface area contributed by atoms with Gasteiger partial charge in [0.1, 0.15) is 17.5 Å². The van der Waals surface area contributed by atoms with Gasteiger partial charge in [0.25, 0.3) is 11.5 Å². The first-order valence-corrected chi connectivity index (χ1v) is 14.6. The topological polar surface area (TPSA) is 163 Å². The van der Waals surface area contributed by atoms with Crippen LogP contribution >= 0.6 is 0 Å². The highest BCUT2D eigenvalue weighted by atomic mass is 16.6. The third kappa shape index (κ3) is 8.80. The van der Waals surface area contributed by atoms with Crippen molar-refractivity contribution >= 4 is 12.0 Å². The highest BCUT2D eigenvalue weighted by Crippen LogP contribution is 2.35. The number of nitrogens with one attached hydrogen (secondary N) is 2. The van der Waals surface area contributed by atoms with Crippen molar-refractivity contribution in [3.05, 3.63) is 98.8 Å². The fraction of sp³-hybridized carbons (Fsp3) is 0.438. The Morgan fingerprint density at radius 3 is 2.50 bits per heavy atom. The third-order valence-electron chi connectivity index (χ3n) is 7.28. The maximum Gasteiger partial charge on any atom is 0.407 e. The number of ether oxygens (including phenoxy) is 2. The number of alkyl carbamates (subject to hydrolysis) is 1. The molecule has 1 saturated carbocycles. The van der Waals surface area contributed by atoms with Gasteiger partial charge in [-0.3, -0.25) is 19.1 Å². The fourth-order valence-electron chi connectivity index (χ4n) is 5.22. The minimum absolute atomic E-state index is 0.113. The number of rotatable bonds is 11. The lowest BCUT2D eigenvalue weighted by Gasteiger charge is -2.28. The number of carbonyl (C=O) groups excluding carboxylic acids is 2. The summed E-state index contributed by atoms with van der Waals surface area (Å²) in [5.74, 6) is -0.350. The largest absolute Gasteiger partial charge is 0.494 e. The zero-order chi connectivity index (χ0) is 31.9. The average Bonchev–Trinajstić information content (AvgIpc) is 3.24. The molecule has 2 aromatic carbocycles. The first-order chi connectivity index (χ1) is 20.9. The second-order valence-corrected chi connectivity index (χ2v) is 11.9. The van der Waals surface area contributed by atoms with Crippen molar-refractivity contribution in [3.8, 4) is 5.75 Å². The number of nitrogens with zero attached hydrogens (tertiary/aromatic N) is 2. The van der Waals surface area contributed by atoms with Crippen molar-refractivity contribution < 1.29 is 29.3 Å².